The summed E-state index contributed by atoms with van der Waals surface area (Å²) in [7, 11) is 0. The van der Waals surface area contributed by atoms with Crippen molar-refractivity contribution >= 4 is 11.0 Å². The summed E-state index contributed by atoms with van der Waals surface area (Å²) in [6, 6.07) is 5.35. The summed E-state index contributed by atoms with van der Waals surface area (Å²) >= 11 is 0. The molecule has 0 aliphatic heterocycles. The van der Waals surface area contributed by atoms with Crippen LogP contribution in [0.5, 0.6) is 0 Å². The first-order valence-corrected chi connectivity index (χ1v) is 4.46. The SMILES string of the molecule is FC(F)(F)N(n1nc2ccccc2n1)C(F)(F)F. The van der Waals surface area contributed by atoms with Crippen LogP contribution in [-0.4, -0.2) is 27.7 Å². The van der Waals surface area contributed by atoms with Crippen LogP contribution in [0.1, 0.15) is 0 Å². The molecule has 18 heavy (non-hydrogen) atoms. The number of fused-ring (bicyclic) bond motifs is 1. The van der Waals surface area contributed by atoms with Crippen LogP contribution in [0.4, 0.5) is 26.3 Å². The van der Waals surface area contributed by atoms with Crippen molar-refractivity contribution < 1.29 is 26.3 Å². The van der Waals surface area contributed by atoms with E-state index in [-0.39, 0.29) is 11.0 Å². The number of nitrogens with zero attached hydrogens (tertiary/aromatic N) is 4. The molecule has 0 aliphatic rings. The van der Waals surface area contributed by atoms with Crippen LogP contribution in [0, 0.1) is 0 Å². The van der Waals surface area contributed by atoms with E-state index in [1.54, 1.807) is 0 Å². The van der Waals surface area contributed by atoms with E-state index < -0.39 is 22.5 Å². The van der Waals surface area contributed by atoms with E-state index in [1.165, 1.54) is 24.3 Å². The van der Waals surface area contributed by atoms with Gasteiger partial charge in [0.15, 0.2) is 0 Å². The van der Waals surface area contributed by atoms with Gasteiger partial charge in [-0.1, -0.05) is 22.0 Å². The van der Waals surface area contributed by atoms with Crippen LogP contribution < -0.4 is 5.01 Å². The molecule has 1 heterocycles. The lowest BCUT2D eigenvalue weighted by Gasteiger charge is -2.25. The summed E-state index contributed by atoms with van der Waals surface area (Å²) in [4.78, 5) is -0.509. The zero-order valence-electron chi connectivity index (χ0n) is 8.37. The normalized spacial score (nSPS) is 13.0. The van der Waals surface area contributed by atoms with Crippen molar-refractivity contribution in [2.75, 3.05) is 5.01 Å². The molecule has 4 nitrogen and oxygen atoms in total. The van der Waals surface area contributed by atoms with Gasteiger partial charge in [-0.05, 0) is 12.1 Å². The Bertz CT molecular complexity index is 509. The van der Waals surface area contributed by atoms with Gasteiger partial charge in [-0.3, -0.25) is 0 Å². The zero-order chi connectivity index (χ0) is 13.6. The fraction of sp³-hybridized carbons (Fsp3) is 0.250. The molecular formula is C8H4F6N4. The highest BCUT2D eigenvalue weighted by molar-refractivity contribution is 5.73. The van der Waals surface area contributed by atoms with Gasteiger partial charge in [0.05, 0.1) is 0 Å². The monoisotopic (exact) mass is 270 g/mol. The second-order valence-corrected chi connectivity index (χ2v) is 3.20. The Morgan fingerprint density at radius 1 is 0.833 bits per heavy atom. The molecule has 0 bridgehead atoms. The number of hydrogen-bond donors (Lipinski definition) is 0. The van der Waals surface area contributed by atoms with Crippen LogP contribution in [0.15, 0.2) is 24.3 Å². The molecular weight excluding hydrogens is 266 g/mol. The van der Waals surface area contributed by atoms with Gasteiger partial charge >= 0.3 is 12.6 Å². The Kier molecular flexibility index (Phi) is 2.60. The van der Waals surface area contributed by atoms with Crippen LogP contribution in [0.25, 0.3) is 11.0 Å². The number of hydrogen-bond acceptors (Lipinski definition) is 3. The quantitative estimate of drug-likeness (QED) is 0.589. The van der Waals surface area contributed by atoms with E-state index in [9.17, 15) is 26.3 Å². The number of alkyl halides is 6. The predicted molar refractivity (Wildman–Crippen MR) is 47.9 cm³/mol. The molecule has 0 radical (unpaired) electrons. The number of aromatic nitrogens is 3. The van der Waals surface area contributed by atoms with Gasteiger partial charge in [-0.15, -0.1) is 36.5 Å². The van der Waals surface area contributed by atoms with Gasteiger partial charge < -0.3 is 0 Å². The van der Waals surface area contributed by atoms with E-state index in [2.05, 4.69) is 10.2 Å². The van der Waals surface area contributed by atoms with Crippen molar-refractivity contribution in [1.29, 1.82) is 0 Å². The topological polar surface area (TPSA) is 34.0 Å². The van der Waals surface area contributed by atoms with Crippen LogP contribution in [0.2, 0.25) is 0 Å². The van der Waals surface area contributed by atoms with Gasteiger partial charge in [0.25, 0.3) is 0 Å². The van der Waals surface area contributed by atoms with E-state index in [0.29, 0.717) is 0 Å². The average Bonchev–Trinajstić information content (AvgIpc) is 2.54. The van der Waals surface area contributed by atoms with Crippen LogP contribution in [0.3, 0.4) is 0 Å². The fourth-order valence-electron chi connectivity index (χ4n) is 1.28. The molecule has 0 spiro atoms. The molecule has 2 rings (SSSR count). The zero-order valence-corrected chi connectivity index (χ0v) is 8.37. The second-order valence-electron chi connectivity index (χ2n) is 3.20. The van der Waals surface area contributed by atoms with E-state index in [4.69, 9.17) is 0 Å². The van der Waals surface area contributed by atoms with Crippen molar-refractivity contribution in [3.63, 3.8) is 0 Å². The van der Waals surface area contributed by atoms with Gasteiger partial charge in [-0.2, -0.15) is 0 Å². The lowest BCUT2D eigenvalue weighted by molar-refractivity contribution is -0.253. The van der Waals surface area contributed by atoms with E-state index in [0.717, 1.165) is 0 Å². The minimum absolute atomic E-state index is 0.0731. The number of halogens is 6. The molecule has 0 unspecified atom stereocenters. The summed E-state index contributed by atoms with van der Waals surface area (Å²) in [6.07, 6.45) is -11.3. The molecule has 0 saturated carbocycles. The standard InChI is InChI=1S/C8H4F6N4/c9-7(10,11)17(8(12,13)14)18-15-5-3-1-2-4-6(5)16-18/h1-4H. The summed E-state index contributed by atoms with van der Waals surface area (Å²) in [5.41, 5.74) is -0.146. The highest BCUT2D eigenvalue weighted by Gasteiger charge is 2.56. The number of benzene rings is 1. The summed E-state index contributed by atoms with van der Waals surface area (Å²) in [6.45, 7) is 0. The Morgan fingerprint density at radius 3 is 1.56 bits per heavy atom. The summed E-state index contributed by atoms with van der Waals surface area (Å²) in [5.74, 6) is 0. The number of rotatable bonds is 1. The van der Waals surface area contributed by atoms with Gasteiger partial charge in [0.2, 0.25) is 0 Å². The highest BCUT2D eigenvalue weighted by Crippen LogP contribution is 2.31. The van der Waals surface area contributed by atoms with Crippen molar-refractivity contribution in [3.8, 4) is 0 Å². The predicted octanol–water partition coefficient (Wildman–Crippen LogP) is 2.41. The van der Waals surface area contributed by atoms with Crippen molar-refractivity contribution in [2.45, 2.75) is 12.6 Å². The maximum absolute atomic E-state index is 12.3. The van der Waals surface area contributed by atoms with Crippen LogP contribution in [-0.2, 0) is 0 Å². The molecule has 0 atom stereocenters. The molecule has 0 aliphatic carbocycles. The smallest absolute Gasteiger partial charge is 0.149 e. The first kappa shape index (κ1) is 12.5. The Hall–Kier alpha value is -2.00. The summed E-state index contributed by atoms with van der Waals surface area (Å²) < 4.78 is 74.0. The minimum atomic E-state index is -5.67. The van der Waals surface area contributed by atoms with Gasteiger partial charge in [0, 0.05) is 0 Å². The van der Waals surface area contributed by atoms with Crippen LogP contribution >= 0.6 is 0 Å². The largest absolute Gasteiger partial charge is 0.509 e. The molecule has 0 fully saturated rings. The summed E-state index contributed by atoms with van der Waals surface area (Å²) in [5, 5.41) is 4.47. The van der Waals surface area contributed by atoms with E-state index in [1.807, 2.05) is 0 Å². The molecule has 98 valence electrons. The van der Waals surface area contributed by atoms with Crippen molar-refractivity contribution in [3.05, 3.63) is 24.3 Å². The maximum atomic E-state index is 12.3. The fourth-order valence-corrected chi connectivity index (χ4v) is 1.28. The molecule has 1 aromatic carbocycles. The molecule has 0 saturated heterocycles. The molecule has 0 amide bonds. The molecule has 0 N–H and O–H groups in total. The first-order valence-electron chi connectivity index (χ1n) is 4.46. The molecule has 1 aromatic heterocycles. The highest BCUT2D eigenvalue weighted by atomic mass is 19.4. The van der Waals surface area contributed by atoms with Crippen molar-refractivity contribution in [2.24, 2.45) is 0 Å². The van der Waals surface area contributed by atoms with Gasteiger partial charge in [0.1, 0.15) is 11.0 Å². The lowest BCUT2D eigenvalue weighted by atomic mass is 10.3. The Balaban J connectivity index is 2.55. The third-order valence-corrected chi connectivity index (χ3v) is 1.94. The first-order chi connectivity index (χ1) is 8.19. The molecule has 10 heteroatoms. The van der Waals surface area contributed by atoms with E-state index >= 15 is 0 Å². The minimum Gasteiger partial charge on any atom is -0.149 e. The average molecular weight is 270 g/mol. The second kappa shape index (κ2) is 3.75. The third-order valence-electron chi connectivity index (χ3n) is 1.94. The lowest BCUT2D eigenvalue weighted by Crippen LogP contribution is -2.56. The Labute approximate surface area is 95.4 Å². The maximum Gasteiger partial charge on any atom is 0.509 e. The Morgan fingerprint density at radius 2 is 1.22 bits per heavy atom. The third kappa shape index (κ3) is 2.17. The molecule has 2 aromatic rings. The van der Waals surface area contributed by atoms with Gasteiger partial charge in [-0.25, -0.2) is 0 Å². The van der Waals surface area contributed by atoms with Crippen molar-refractivity contribution in [1.82, 2.24) is 15.1 Å².